The van der Waals surface area contributed by atoms with E-state index < -0.39 is 10.5 Å². The zero-order valence-electron chi connectivity index (χ0n) is 15.6. The van der Waals surface area contributed by atoms with Crippen LogP contribution < -0.4 is 15.7 Å². The van der Waals surface area contributed by atoms with Crippen molar-refractivity contribution in [2.24, 2.45) is 0 Å². The van der Waals surface area contributed by atoms with E-state index in [4.69, 9.17) is 4.84 Å². The zero-order valence-corrected chi connectivity index (χ0v) is 15.6. The van der Waals surface area contributed by atoms with Crippen LogP contribution in [0.4, 0.5) is 11.6 Å². The molecular weight excluding hydrogens is 360 g/mol. The van der Waals surface area contributed by atoms with Crippen LogP contribution >= 0.6 is 0 Å². The Morgan fingerprint density at radius 3 is 2.68 bits per heavy atom. The van der Waals surface area contributed by atoms with E-state index >= 15 is 0 Å². The molecule has 1 aromatic heterocycles. The van der Waals surface area contributed by atoms with Crippen molar-refractivity contribution in [2.75, 3.05) is 11.9 Å². The number of rotatable bonds is 9. The molecule has 0 bridgehead atoms. The molecule has 3 rings (SSSR count). The molecule has 0 aliphatic heterocycles. The smallest absolute Gasteiger partial charge is 0.296 e. The Kier molecular flexibility index (Phi) is 6.21. The lowest BCUT2D eigenvalue weighted by atomic mass is 10.2. The first kappa shape index (κ1) is 19.3. The molecule has 0 aliphatic carbocycles. The molecule has 8 nitrogen and oxygen atoms in total. The summed E-state index contributed by atoms with van der Waals surface area (Å²) in [6.07, 6.45) is 3.07. The van der Waals surface area contributed by atoms with Crippen LogP contribution in [0, 0.1) is 10.1 Å². The fraction of sp³-hybridized carbons (Fsp3) is 0.300. The lowest BCUT2D eigenvalue weighted by molar-refractivity contribution is -0.384. The van der Waals surface area contributed by atoms with Gasteiger partial charge in [-0.3, -0.25) is 14.9 Å². The number of unbranched alkanes of at least 4 members (excludes halogenated alkanes) is 2. The average molecular weight is 382 g/mol. The summed E-state index contributed by atoms with van der Waals surface area (Å²) in [5.41, 5.74) is 0.630. The predicted molar refractivity (Wildman–Crippen MR) is 107 cm³/mol. The molecule has 0 fully saturated rings. The van der Waals surface area contributed by atoms with E-state index in [-0.39, 0.29) is 17.7 Å². The minimum Gasteiger partial charge on any atom is -0.402 e. The van der Waals surface area contributed by atoms with Crippen LogP contribution in [-0.4, -0.2) is 21.2 Å². The first-order valence-corrected chi connectivity index (χ1v) is 9.22. The Balaban J connectivity index is 1.98. The third-order valence-corrected chi connectivity index (χ3v) is 4.29. The molecule has 1 heterocycles. The lowest BCUT2D eigenvalue weighted by Gasteiger charge is -2.15. The molecule has 0 saturated heterocycles. The van der Waals surface area contributed by atoms with Crippen molar-refractivity contribution >= 4 is 22.5 Å². The lowest BCUT2D eigenvalue weighted by Crippen LogP contribution is -2.31. The van der Waals surface area contributed by atoms with E-state index in [9.17, 15) is 14.9 Å². The molecule has 28 heavy (non-hydrogen) atoms. The number of fused-ring (bicyclic) bond motifs is 1. The Morgan fingerprint density at radius 1 is 1.18 bits per heavy atom. The van der Waals surface area contributed by atoms with Gasteiger partial charge in [-0.05, 0) is 18.1 Å². The largest absolute Gasteiger partial charge is 0.402 e. The predicted octanol–water partition coefficient (Wildman–Crippen LogP) is 3.54. The van der Waals surface area contributed by atoms with Crippen molar-refractivity contribution in [1.29, 1.82) is 0 Å². The molecule has 146 valence electrons. The van der Waals surface area contributed by atoms with Crippen LogP contribution in [0.25, 0.3) is 10.9 Å². The van der Waals surface area contributed by atoms with E-state index in [0.717, 1.165) is 29.6 Å². The monoisotopic (exact) mass is 382 g/mol. The van der Waals surface area contributed by atoms with Crippen LogP contribution in [-0.2, 0) is 6.61 Å². The van der Waals surface area contributed by atoms with Gasteiger partial charge in [-0.25, -0.2) is 4.98 Å². The molecule has 0 atom stereocenters. The summed E-state index contributed by atoms with van der Waals surface area (Å²) in [5.74, 6) is 0.290. The maximum Gasteiger partial charge on any atom is 0.296 e. The number of hydrogen-bond acceptors (Lipinski definition) is 6. The molecule has 2 aromatic carbocycles. The molecule has 0 radical (unpaired) electrons. The van der Waals surface area contributed by atoms with Crippen LogP contribution in [0.3, 0.4) is 0 Å². The van der Waals surface area contributed by atoms with Crippen LogP contribution in [0.5, 0.6) is 0 Å². The first-order valence-electron chi connectivity index (χ1n) is 9.22. The molecule has 8 heteroatoms. The highest BCUT2D eigenvalue weighted by Crippen LogP contribution is 2.18. The quantitative estimate of drug-likeness (QED) is 0.345. The Morgan fingerprint density at radius 2 is 1.96 bits per heavy atom. The number of hydrogen-bond donors (Lipinski definition) is 1. The zero-order chi connectivity index (χ0) is 19.9. The van der Waals surface area contributed by atoms with Gasteiger partial charge in [0.05, 0.1) is 15.8 Å². The van der Waals surface area contributed by atoms with Gasteiger partial charge in [-0.2, -0.15) is 0 Å². The van der Waals surface area contributed by atoms with Gasteiger partial charge in [-0.1, -0.05) is 50.1 Å². The third-order valence-electron chi connectivity index (χ3n) is 4.29. The van der Waals surface area contributed by atoms with Gasteiger partial charge < -0.3 is 10.2 Å². The molecule has 3 aromatic rings. The Bertz CT molecular complexity index is 1020. The minimum absolute atomic E-state index is 0.140. The van der Waals surface area contributed by atoms with Gasteiger partial charge in [0.15, 0.2) is 0 Å². The number of anilines is 1. The van der Waals surface area contributed by atoms with E-state index in [0.29, 0.717) is 18.0 Å². The second kappa shape index (κ2) is 8.98. The minimum atomic E-state index is -0.537. The molecular formula is C20H22N4O4. The number of nitrogens with zero attached hydrogens (tertiary/aromatic N) is 3. The van der Waals surface area contributed by atoms with Crippen molar-refractivity contribution < 1.29 is 9.76 Å². The van der Waals surface area contributed by atoms with E-state index in [1.165, 1.54) is 18.2 Å². The SMILES string of the molecule is CCCCCNc1nc2ccc([N+](=O)[O-])cc2c(=O)n1OCc1ccccc1. The van der Waals surface area contributed by atoms with Gasteiger partial charge in [0.1, 0.15) is 6.61 Å². The highest BCUT2D eigenvalue weighted by molar-refractivity contribution is 5.81. The number of benzene rings is 2. The first-order chi connectivity index (χ1) is 13.6. The van der Waals surface area contributed by atoms with E-state index in [2.05, 4.69) is 17.2 Å². The summed E-state index contributed by atoms with van der Waals surface area (Å²) in [6.45, 7) is 2.93. The molecule has 0 amide bonds. The second-order valence-corrected chi connectivity index (χ2v) is 6.39. The fourth-order valence-electron chi connectivity index (χ4n) is 2.79. The molecule has 0 spiro atoms. The highest BCUT2D eigenvalue weighted by atomic mass is 16.7. The topological polar surface area (TPSA) is 99.3 Å². The Hall–Kier alpha value is -3.42. The van der Waals surface area contributed by atoms with Crippen molar-refractivity contribution in [1.82, 2.24) is 9.71 Å². The standard InChI is InChI=1S/C20H22N4O4/c1-2-3-7-12-21-20-22-18-11-10-16(24(26)27)13-17(18)19(25)23(20)28-14-15-8-5-4-6-9-15/h4-6,8-11,13H,2-3,7,12,14H2,1H3,(H,21,22). The summed E-state index contributed by atoms with van der Waals surface area (Å²) in [7, 11) is 0. The van der Waals surface area contributed by atoms with Crippen molar-refractivity contribution in [3.05, 3.63) is 74.6 Å². The summed E-state index contributed by atoms with van der Waals surface area (Å²) >= 11 is 0. The summed E-state index contributed by atoms with van der Waals surface area (Å²) in [5, 5.41) is 14.3. The normalized spacial score (nSPS) is 10.8. The van der Waals surface area contributed by atoms with Crippen LogP contribution in [0.15, 0.2) is 53.3 Å². The highest BCUT2D eigenvalue weighted by Gasteiger charge is 2.15. The van der Waals surface area contributed by atoms with Gasteiger partial charge in [-0.15, -0.1) is 4.73 Å². The van der Waals surface area contributed by atoms with E-state index in [1.807, 2.05) is 30.3 Å². The second-order valence-electron chi connectivity index (χ2n) is 6.39. The maximum atomic E-state index is 13.0. The van der Waals surface area contributed by atoms with Gasteiger partial charge >= 0.3 is 0 Å². The molecule has 0 unspecified atom stereocenters. The maximum absolute atomic E-state index is 13.0. The van der Waals surface area contributed by atoms with Crippen molar-refractivity contribution in [2.45, 2.75) is 32.8 Å². The number of nitro benzene ring substituents is 1. The summed E-state index contributed by atoms with van der Waals surface area (Å²) in [4.78, 5) is 33.7. The summed E-state index contributed by atoms with van der Waals surface area (Å²) < 4.78 is 1.09. The van der Waals surface area contributed by atoms with Gasteiger partial charge in [0.2, 0.25) is 5.95 Å². The van der Waals surface area contributed by atoms with Gasteiger partial charge in [0, 0.05) is 18.7 Å². The number of aromatic nitrogens is 2. The molecule has 0 aliphatic rings. The van der Waals surface area contributed by atoms with Crippen LogP contribution in [0.1, 0.15) is 31.7 Å². The number of nitro groups is 1. The van der Waals surface area contributed by atoms with Crippen molar-refractivity contribution in [3.8, 4) is 0 Å². The van der Waals surface area contributed by atoms with Crippen molar-refractivity contribution in [3.63, 3.8) is 0 Å². The van der Waals surface area contributed by atoms with Crippen LogP contribution in [0.2, 0.25) is 0 Å². The average Bonchev–Trinajstić information content (AvgIpc) is 2.71. The third kappa shape index (κ3) is 4.46. The molecule has 0 saturated carbocycles. The molecule has 1 N–H and O–H groups in total. The Labute approximate surface area is 161 Å². The van der Waals surface area contributed by atoms with E-state index in [1.54, 1.807) is 0 Å². The number of nitrogens with one attached hydrogen (secondary N) is 1. The van der Waals surface area contributed by atoms with Gasteiger partial charge in [0.25, 0.3) is 11.2 Å². The fourth-order valence-corrected chi connectivity index (χ4v) is 2.79. The summed E-state index contributed by atoms with van der Waals surface area (Å²) in [6, 6.07) is 13.5. The number of non-ortho nitro benzene ring substituents is 1.